The summed E-state index contributed by atoms with van der Waals surface area (Å²) < 4.78 is 0. The lowest BCUT2D eigenvalue weighted by atomic mass is 9.52. The predicted molar refractivity (Wildman–Crippen MR) is 149 cm³/mol. The second-order valence-electron chi connectivity index (χ2n) is 12.5. The molecule has 3 saturated carbocycles. The van der Waals surface area contributed by atoms with E-state index in [-0.39, 0.29) is 24.2 Å². The molecule has 0 aromatic heterocycles. The van der Waals surface area contributed by atoms with Crippen LogP contribution in [0.3, 0.4) is 0 Å². The van der Waals surface area contributed by atoms with Crippen LogP contribution in [0.25, 0.3) is 0 Å². The summed E-state index contributed by atoms with van der Waals surface area (Å²) in [5, 5.41) is 23.1. The number of amides is 1. The van der Waals surface area contributed by atoms with Gasteiger partial charge in [-0.2, -0.15) is 0 Å². The summed E-state index contributed by atoms with van der Waals surface area (Å²) in [5.41, 5.74) is 3.67. The minimum atomic E-state index is -2.74. The topological polar surface area (TPSA) is 158 Å². The number of hydrogen-bond donors (Lipinski definition) is 3. The Morgan fingerprint density at radius 3 is 2.39 bits per heavy atom. The summed E-state index contributed by atoms with van der Waals surface area (Å²) >= 11 is 6.90. The van der Waals surface area contributed by atoms with Crippen LogP contribution in [-0.4, -0.2) is 87.9 Å². The van der Waals surface area contributed by atoms with Crippen LogP contribution in [0.1, 0.15) is 60.5 Å². The van der Waals surface area contributed by atoms with Crippen molar-refractivity contribution in [1.82, 2.24) is 9.80 Å². The number of halogens is 1. The fourth-order valence-electron chi connectivity index (χ4n) is 7.93. The first-order chi connectivity index (χ1) is 19.3. The first kappa shape index (κ1) is 29.8. The van der Waals surface area contributed by atoms with Gasteiger partial charge in [0.1, 0.15) is 5.75 Å². The van der Waals surface area contributed by atoms with Gasteiger partial charge in [-0.25, -0.2) is 0 Å². The average molecular weight is 588 g/mol. The molecular weight excluding hydrogens is 550 g/mol. The lowest BCUT2D eigenvalue weighted by Crippen LogP contribution is -2.74. The van der Waals surface area contributed by atoms with Crippen molar-refractivity contribution in [3.63, 3.8) is 0 Å². The molecule has 4 aliphatic rings. The van der Waals surface area contributed by atoms with Crippen molar-refractivity contribution in [1.29, 1.82) is 0 Å². The molecule has 10 nitrogen and oxygen atoms in total. The lowest BCUT2D eigenvalue weighted by Gasteiger charge is -2.52. The van der Waals surface area contributed by atoms with E-state index in [0.717, 1.165) is 13.1 Å². The van der Waals surface area contributed by atoms with E-state index in [0.29, 0.717) is 28.6 Å². The van der Waals surface area contributed by atoms with Crippen molar-refractivity contribution in [3.05, 3.63) is 27.8 Å². The Labute approximate surface area is 244 Å². The lowest BCUT2D eigenvalue weighted by molar-refractivity contribution is -0.181. The number of ketones is 4. The van der Waals surface area contributed by atoms with E-state index < -0.39 is 64.4 Å². The number of aliphatic hydroxyl groups is 1. The van der Waals surface area contributed by atoms with E-state index in [1.54, 1.807) is 14.1 Å². The Hall–Kier alpha value is -2.66. The Bertz CT molecular complexity index is 1320. The van der Waals surface area contributed by atoms with Gasteiger partial charge in [-0.1, -0.05) is 31.4 Å². The fraction of sp³-hybridized carbons (Fsp3) is 0.633. The van der Waals surface area contributed by atoms with Crippen molar-refractivity contribution in [2.24, 2.45) is 35.3 Å². The molecule has 1 aromatic carbocycles. The van der Waals surface area contributed by atoms with Crippen LogP contribution in [0.15, 0.2) is 6.07 Å². The molecule has 0 aliphatic heterocycles. The number of carbonyl (C=O) groups excluding carboxylic acids is 5. The van der Waals surface area contributed by atoms with Gasteiger partial charge in [0.25, 0.3) is 0 Å². The van der Waals surface area contributed by atoms with E-state index in [1.807, 2.05) is 0 Å². The number of rotatable bonds is 7. The highest BCUT2D eigenvalue weighted by atomic mass is 35.5. The van der Waals surface area contributed by atoms with Crippen molar-refractivity contribution in [2.45, 2.75) is 63.6 Å². The Morgan fingerprint density at radius 1 is 1.15 bits per heavy atom. The van der Waals surface area contributed by atoms with Crippen LogP contribution in [0.2, 0.25) is 5.02 Å². The van der Waals surface area contributed by atoms with Gasteiger partial charge < -0.3 is 15.9 Å². The highest BCUT2D eigenvalue weighted by molar-refractivity contribution is 6.34. The quantitative estimate of drug-likeness (QED) is 0.402. The summed E-state index contributed by atoms with van der Waals surface area (Å²) in [5.74, 6) is -10.0. The van der Waals surface area contributed by atoms with Crippen LogP contribution in [0.5, 0.6) is 5.75 Å². The van der Waals surface area contributed by atoms with Crippen LogP contribution in [-0.2, 0) is 32.1 Å². The monoisotopic (exact) mass is 587 g/mol. The molecule has 0 saturated heterocycles. The number of phenolic OH excluding ortho intramolecular Hbond substituents is 1. The molecule has 0 radical (unpaired) electrons. The summed E-state index contributed by atoms with van der Waals surface area (Å²) in [7, 11) is 3.11. The fourth-order valence-corrected chi connectivity index (χ4v) is 8.21. The Morgan fingerprint density at radius 2 is 1.80 bits per heavy atom. The number of phenols is 1. The first-order valence-electron chi connectivity index (χ1n) is 14.4. The normalized spacial score (nSPS) is 31.9. The van der Waals surface area contributed by atoms with E-state index in [2.05, 4.69) is 11.8 Å². The summed E-state index contributed by atoms with van der Waals surface area (Å²) in [6.45, 7) is 4.28. The van der Waals surface area contributed by atoms with Crippen LogP contribution in [0.4, 0.5) is 0 Å². The second-order valence-corrected chi connectivity index (χ2v) is 12.9. The van der Waals surface area contributed by atoms with Gasteiger partial charge in [0, 0.05) is 24.0 Å². The molecule has 0 spiro atoms. The van der Waals surface area contributed by atoms with Gasteiger partial charge in [0.2, 0.25) is 5.91 Å². The highest BCUT2D eigenvalue weighted by Crippen LogP contribution is 2.51. The molecule has 11 heteroatoms. The number of Topliss-reactive ketones (excluding diaryl/α,β-unsaturated/α-hetero) is 4. The van der Waals surface area contributed by atoms with Crippen molar-refractivity contribution in [3.8, 4) is 5.75 Å². The third-order valence-electron chi connectivity index (χ3n) is 9.90. The molecule has 5 rings (SSSR count). The second kappa shape index (κ2) is 10.9. The maximum absolute atomic E-state index is 13.9. The number of fused-ring (bicyclic) bond motifs is 3. The molecule has 4 N–H and O–H groups in total. The molecule has 4 aliphatic carbocycles. The van der Waals surface area contributed by atoms with Crippen molar-refractivity contribution < 1.29 is 34.2 Å². The number of primary amides is 1. The number of carbonyl (C=O) groups is 5. The molecule has 222 valence electrons. The molecule has 3 unspecified atom stereocenters. The number of benzene rings is 1. The zero-order valence-electron chi connectivity index (χ0n) is 23.7. The summed E-state index contributed by atoms with van der Waals surface area (Å²) in [4.78, 5) is 70.2. The maximum atomic E-state index is 13.9. The van der Waals surface area contributed by atoms with Crippen LogP contribution in [0, 0.1) is 29.6 Å². The number of nitrogens with zero attached hydrogens (tertiary/aromatic N) is 2. The zero-order chi connectivity index (χ0) is 30.0. The number of likely N-dealkylation sites (N-methyl/N-ethyl adjacent to an activating group) is 1. The van der Waals surface area contributed by atoms with Gasteiger partial charge in [0.15, 0.2) is 34.7 Å². The van der Waals surface area contributed by atoms with Crippen molar-refractivity contribution >= 4 is 40.6 Å². The molecular formula is C30H38ClN3O7. The molecule has 1 amide bonds. The van der Waals surface area contributed by atoms with Gasteiger partial charge in [-0.3, -0.25) is 33.8 Å². The molecule has 0 heterocycles. The smallest absolute Gasteiger partial charge is 0.235 e. The van der Waals surface area contributed by atoms with Crippen LogP contribution < -0.4 is 5.73 Å². The van der Waals surface area contributed by atoms with Crippen LogP contribution >= 0.6 is 11.6 Å². The van der Waals surface area contributed by atoms with Gasteiger partial charge in [0.05, 0.1) is 17.5 Å². The number of nitrogens with two attached hydrogens (primary N) is 1. The van der Waals surface area contributed by atoms with E-state index >= 15 is 0 Å². The largest absolute Gasteiger partial charge is 0.507 e. The third-order valence-corrected chi connectivity index (χ3v) is 10.4. The van der Waals surface area contributed by atoms with Gasteiger partial charge >= 0.3 is 0 Å². The van der Waals surface area contributed by atoms with E-state index in [9.17, 15) is 34.2 Å². The van der Waals surface area contributed by atoms with Crippen molar-refractivity contribution in [2.75, 3.05) is 27.2 Å². The SMILES string of the molecule is CCN(Cc1cc(O)c2c(c1Cl)C[C@H]1C[C@H]3[C@H](N(C)C)C(=O)C(C(N)=O)C(=O)C3(O)C(=O)C1C2=O)CC1CCCC1. The van der Waals surface area contributed by atoms with E-state index in [1.165, 1.54) is 36.6 Å². The summed E-state index contributed by atoms with van der Waals surface area (Å²) in [6.07, 6.45) is 5.00. The number of aromatic hydroxyl groups is 1. The molecule has 3 fully saturated rings. The number of hydrogen-bond acceptors (Lipinski definition) is 9. The zero-order valence-corrected chi connectivity index (χ0v) is 24.4. The molecule has 6 atom stereocenters. The predicted octanol–water partition coefficient (Wildman–Crippen LogP) is 1.53. The minimum absolute atomic E-state index is 0.00597. The van der Waals surface area contributed by atoms with E-state index in [4.69, 9.17) is 17.3 Å². The summed E-state index contributed by atoms with van der Waals surface area (Å²) in [6, 6.07) is 0.331. The Kier molecular flexibility index (Phi) is 7.91. The minimum Gasteiger partial charge on any atom is -0.507 e. The standard InChI is InChI=1S/C30H38ClN3O7/c1-4-34(12-14-7-5-6-8-14)13-16-11-19(35)21-17(23(16)31)9-15-10-18-24(33(2)3)26(37)22(29(32)40)28(39)30(18,41)27(38)20(15)25(21)36/h11,14-15,18,20,22,24,35,41H,4-10,12-13H2,1-3H3,(H2,32,40)/t15-,18-,20?,22?,24-,30?/m0/s1. The van der Waals surface area contributed by atoms with Gasteiger partial charge in [-0.05, 0) is 75.4 Å². The highest BCUT2D eigenvalue weighted by Gasteiger charge is 2.69. The molecule has 0 bridgehead atoms. The molecule has 41 heavy (non-hydrogen) atoms. The average Bonchev–Trinajstić information content (AvgIpc) is 3.41. The third kappa shape index (κ3) is 4.63. The molecule has 1 aromatic rings. The first-order valence-corrected chi connectivity index (χ1v) is 14.8. The van der Waals surface area contributed by atoms with Gasteiger partial charge in [-0.15, -0.1) is 0 Å². The maximum Gasteiger partial charge on any atom is 0.235 e. The Balaban J connectivity index is 1.52.